The van der Waals surface area contributed by atoms with Crippen molar-refractivity contribution in [3.8, 4) is 0 Å². The number of nitrogens with zero attached hydrogens (tertiary/aromatic N) is 1. The quantitative estimate of drug-likeness (QED) is 0.702. The predicted octanol–water partition coefficient (Wildman–Crippen LogP) is 3.39. The van der Waals surface area contributed by atoms with Crippen molar-refractivity contribution >= 4 is 5.97 Å². The summed E-state index contributed by atoms with van der Waals surface area (Å²) in [6.45, 7) is 4.69. The minimum atomic E-state index is -0.779. The summed E-state index contributed by atoms with van der Waals surface area (Å²) in [5, 5.41) is 8.83. The molecule has 1 atom stereocenters. The maximum atomic E-state index is 10.7. The van der Waals surface area contributed by atoms with E-state index in [4.69, 9.17) is 9.84 Å². The van der Waals surface area contributed by atoms with Gasteiger partial charge in [0.1, 0.15) is 0 Å². The first kappa shape index (κ1) is 18.6. The fourth-order valence-electron chi connectivity index (χ4n) is 3.54. The number of hydrogen-bond acceptors (Lipinski definition) is 3. The zero-order valence-corrected chi connectivity index (χ0v) is 15.1. The predicted molar refractivity (Wildman–Crippen MR) is 102 cm³/mol. The molecule has 0 aromatic heterocycles. The monoisotopic (exact) mass is 353 g/mol. The number of hydrogen-bond donors (Lipinski definition) is 1. The molecule has 0 spiro atoms. The molecule has 4 heteroatoms. The molecule has 0 aliphatic carbocycles. The first-order valence-electron chi connectivity index (χ1n) is 9.32. The van der Waals surface area contributed by atoms with E-state index in [0.29, 0.717) is 12.5 Å². The van der Waals surface area contributed by atoms with Crippen LogP contribution in [-0.4, -0.2) is 42.2 Å². The molecule has 1 heterocycles. The van der Waals surface area contributed by atoms with Gasteiger partial charge in [0.2, 0.25) is 0 Å². The van der Waals surface area contributed by atoms with Crippen LogP contribution in [-0.2, 0) is 29.0 Å². The van der Waals surface area contributed by atoms with E-state index in [1.807, 2.05) is 30.3 Å². The Labute approximate surface area is 155 Å². The van der Waals surface area contributed by atoms with Crippen LogP contribution >= 0.6 is 0 Å². The van der Waals surface area contributed by atoms with E-state index in [1.54, 1.807) is 0 Å². The molecule has 1 aliphatic heterocycles. The zero-order valence-electron chi connectivity index (χ0n) is 15.1. The van der Waals surface area contributed by atoms with Gasteiger partial charge in [-0.2, -0.15) is 0 Å². The summed E-state index contributed by atoms with van der Waals surface area (Å²) in [4.78, 5) is 13.2. The van der Waals surface area contributed by atoms with Crippen LogP contribution in [0.15, 0.2) is 54.6 Å². The SMILES string of the molecule is O=C(O)Cc1ccc(CC2CCN(CCOCc3ccccc3)C2)cc1. The molecule has 138 valence electrons. The lowest BCUT2D eigenvalue weighted by molar-refractivity contribution is -0.136. The second-order valence-electron chi connectivity index (χ2n) is 7.08. The van der Waals surface area contributed by atoms with Crippen LogP contribution in [0.4, 0.5) is 0 Å². The molecule has 26 heavy (non-hydrogen) atoms. The fourth-order valence-corrected chi connectivity index (χ4v) is 3.54. The van der Waals surface area contributed by atoms with Gasteiger partial charge in [-0.3, -0.25) is 4.79 Å². The molecule has 0 amide bonds. The lowest BCUT2D eigenvalue weighted by atomic mass is 9.97. The molecule has 4 nitrogen and oxygen atoms in total. The Hall–Kier alpha value is -2.17. The molecule has 1 unspecified atom stereocenters. The van der Waals surface area contributed by atoms with E-state index in [2.05, 4.69) is 29.2 Å². The van der Waals surface area contributed by atoms with Gasteiger partial charge in [0.05, 0.1) is 19.6 Å². The average Bonchev–Trinajstić information content (AvgIpc) is 3.08. The molecule has 0 bridgehead atoms. The van der Waals surface area contributed by atoms with Gasteiger partial charge in [0, 0.05) is 13.1 Å². The molecule has 1 fully saturated rings. The molecular formula is C22H27NO3. The first-order valence-corrected chi connectivity index (χ1v) is 9.32. The third-order valence-corrected chi connectivity index (χ3v) is 4.94. The average molecular weight is 353 g/mol. The van der Waals surface area contributed by atoms with E-state index >= 15 is 0 Å². The molecular weight excluding hydrogens is 326 g/mol. The Morgan fingerprint density at radius 3 is 2.50 bits per heavy atom. The minimum absolute atomic E-state index is 0.0977. The molecule has 3 rings (SSSR count). The summed E-state index contributed by atoms with van der Waals surface area (Å²) < 4.78 is 5.79. The standard InChI is InChI=1S/C22H27NO3/c24-22(25)15-19-8-6-18(7-9-19)14-21-10-11-23(16-21)12-13-26-17-20-4-2-1-3-5-20/h1-9,21H,10-17H2,(H,24,25). The molecule has 0 radical (unpaired) electrons. The molecule has 1 aliphatic rings. The van der Waals surface area contributed by atoms with Crippen LogP contribution < -0.4 is 0 Å². The van der Waals surface area contributed by atoms with Gasteiger partial charge in [-0.05, 0) is 42.0 Å². The lowest BCUT2D eigenvalue weighted by Gasteiger charge is -2.16. The third kappa shape index (κ3) is 5.97. The highest BCUT2D eigenvalue weighted by Gasteiger charge is 2.22. The molecule has 0 saturated carbocycles. The van der Waals surface area contributed by atoms with Crippen molar-refractivity contribution in [2.24, 2.45) is 5.92 Å². The third-order valence-electron chi connectivity index (χ3n) is 4.94. The summed E-state index contributed by atoms with van der Waals surface area (Å²) in [5.41, 5.74) is 3.38. The largest absolute Gasteiger partial charge is 0.481 e. The van der Waals surface area contributed by atoms with Crippen molar-refractivity contribution in [3.63, 3.8) is 0 Å². The maximum absolute atomic E-state index is 10.7. The Bertz CT molecular complexity index is 684. The van der Waals surface area contributed by atoms with Crippen molar-refractivity contribution < 1.29 is 14.6 Å². The van der Waals surface area contributed by atoms with E-state index in [0.717, 1.165) is 38.2 Å². The highest BCUT2D eigenvalue weighted by atomic mass is 16.5. The van der Waals surface area contributed by atoms with Gasteiger partial charge in [-0.15, -0.1) is 0 Å². The summed E-state index contributed by atoms with van der Waals surface area (Å²) in [7, 11) is 0. The Balaban J connectivity index is 1.35. The zero-order chi connectivity index (χ0) is 18.2. The second-order valence-corrected chi connectivity index (χ2v) is 7.08. The Morgan fingerprint density at radius 2 is 1.77 bits per heavy atom. The van der Waals surface area contributed by atoms with Crippen LogP contribution in [0.2, 0.25) is 0 Å². The number of carboxylic acid groups (broad SMARTS) is 1. The van der Waals surface area contributed by atoms with Crippen molar-refractivity contribution in [2.45, 2.75) is 25.9 Å². The molecule has 2 aromatic rings. The normalized spacial score (nSPS) is 17.5. The highest BCUT2D eigenvalue weighted by Crippen LogP contribution is 2.21. The number of ether oxygens (including phenoxy) is 1. The highest BCUT2D eigenvalue weighted by molar-refractivity contribution is 5.70. The van der Waals surface area contributed by atoms with Crippen LogP contribution in [0.5, 0.6) is 0 Å². The summed E-state index contributed by atoms with van der Waals surface area (Å²) in [5.74, 6) is -0.104. The van der Waals surface area contributed by atoms with Gasteiger partial charge >= 0.3 is 5.97 Å². The van der Waals surface area contributed by atoms with E-state index in [-0.39, 0.29) is 6.42 Å². The minimum Gasteiger partial charge on any atom is -0.481 e. The number of benzene rings is 2. The topological polar surface area (TPSA) is 49.8 Å². The summed E-state index contributed by atoms with van der Waals surface area (Å²) in [6.07, 6.45) is 2.38. The van der Waals surface area contributed by atoms with Crippen LogP contribution in [0.3, 0.4) is 0 Å². The molecule has 1 saturated heterocycles. The van der Waals surface area contributed by atoms with Gasteiger partial charge in [0.15, 0.2) is 0 Å². The molecule has 2 aromatic carbocycles. The summed E-state index contributed by atoms with van der Waals surface area (Å²) in [6, 6.07) is 18.3. The maximum Gasteiger partial charge on any atom is 0.307 e. The van der Waals surface area contributed by atoms with Gasteiger partial charge in [-0.1, -0.05) is 54.6 Å². The lowest BCUT2D eigenvalue weighted by Crippen LogP contribution is -2.25. The smallest absolute Gasteiger partial charge is 0.307 e. The molecule has 1 N–H and O–H groups in total. The number of rotatable bonds is 9. The van der Waals surface area contributed by atoms with Crippen LogP contribution in [0.1, 0.15) is 23.1 Å². The van der Waals surface area contributed by atoms with Gasteiger partial charge in [-0.25, -0.2) is 0 Å². The van der Waals surface area contributed by atoms with Crippen molar-refractivity contribution in [1.29, 1.82) is 0 Å². The van der Waals surface area contributed by atoms with Crippen LogP contribution in [0, 0.1) is 5.92 Å². The number of carbonyl (C=O) groups is 1. The Kier molecular flexibility index (Phi) is 6.81. The number of likely N-dealkylation sites (tertiary alicyclic amines) is 1. The fraction of sp³-hybridized carbons (Fsp3) is 0.409. The van der Waals surface area contributed by atoms with Crippen molar-refractivity contribution in [3.05, 3.63) is 71.3 Å². The summed E-state index contributed by atoms with van der Waals surface area (Å²) >= 11 is 0. The van der Waals surface area contributed by atoms with E-state index in [9.17, 15) is 4.79 Å². The van der Waals surface area contributed by atoms with Crippen LogP contribution in [0.25, 0.3) is 0 Å². The van der Waals surface area contributed by atoms with Crippen molar-refractivity contribution in [1.82, 2.24) is 4.90 Å². The second kappa shape index (κ2) is 9.51. The number of aliphatic carboxylic acids is 1. The van der Waals surface area contributed by atoms with Crippen molar-refractivity contribution in [2.75, 3.05) is 26.2 Å². The van der Waals surface area contributed by atoms with Gasteiger partial charge < -0.3 is 14.7 Å². The van der Waals surface area contributed by atoms with E-state index < -0.39 is 5.97 Å². The first-order chi connectivity index (χ1) is 12.7. The number of carboxylic acids is 1. The van der Waals surface area contributed by atoms with Gasteiger partial charge in [0.25, 0.3) is 0 Å². The van der Waals surface area contributed by atoms with E-state index in [1.165, 1.54) is 17.5 Å². The Morgan fingerprint density at radius 1 is 1.04 bits per heavy atom.